The Morgan fingerprint density at radius 3 is 2.35 bits per heavy atom. The van der Waals surface area contributed by atoms with Crippen molar-refractivity contribution in [3.63, 3.8) is 0 Å². The molecule has 0 saturated heterocycles. The molecule has 0 heterocycles. The smallest absolute Gasteiger partial charge is 0.224 e. The molecule has 0 saturated carbocycles. The van der Waals surface area contributed by atoms with Gasteiger partial charge in [-0.15, -0.1) is 12.4 Å². The highest BCUT2D eigenvalue weighted by Crippen LogP contribution is 2.24. The number of nitrogens with two attached hydrogens (primary N) is 1. The van der Waals surface area contributed by atoms with Crippen molar-refractivity contribution in [1.29, 1.82) is 0 Å². The number of nitrogens with one attached hydrogen (secondary N) is 1. The standard InChI is InChI=1S/C20H26N2O3.ClH/c1-24-17-11-8-15(9-12-17)6-4-3-5-7-20(23)22-16-10-13-19(25-2)18(21)14-16;/h8-14H,3-7,21H2,1-2H3,(H,22,23);1H. The lowest BCUT2D eigenvalue weighted by molar-refractivity contribution is -0.116. The molecule has 0 aliphatic carbocycles. The summed E-state index contributed by atoms with van der Waals surface area (Å²) in [5, 5.41) is 2.87. The molecule has 0 fully saturated rings. The van der Waals surface area contributed by atoms with Crippen LogP contribution in [0.5, 0.6) is 11.5 Å². The highest BCUT2D eigenvalue weighted by atomic mass is 35.5. The van der Waals surface area contributed by atoms with Gasteiger partial charge < -0.3 is 20.5 Å². The molecule has 0 unspecified atom stereocenters. The van der Waals surface area contributed by atoms with Gasteiger partial charge in [-0.1, -0.05) is 18.6 Å². The maximum Gasteiger partial charge on any atom is 0.224 e. The van der Waals surface area contributed by atoms with E-state index in [4.69, 9.17) is 15.2 Å². The van der Waals surface area contributed by atoms with Crippen LogP contribution in [0.25, 0.3) is 0 Å². The molecule has 0 aliphatic heterocycles. The molecule has 0 bridgehead atoms. The second-order valence-corrected chi connectivity index (χ2v) is 5.91. The number of carbonyl (C=O) groups is 1. The first kappa shape index (κ1) is 21.6. The zero-order valence-electron chi connectivity index (χ0n) is 15.3. The van der Waals surface area contributed by atoms with Crippen molar-refractivity contribution in [2.75, 3.05) is 25.3 Å². The van der Waals surface area contributed by atoms with Gasteiger partial charge in [-0.05, 0) is 55.2 Å². The molecule has 142 valence electrons. The minimum atomic E-state index is 0. The first-order valence-electron chi connectivity index (χ1n) is 8.48. The Morgan fingerprint density at radius 1 is 1.00 bits per heavy atom. The van der Waals surface area contributed by atoms with Crippen LogP contribution < -0.4 is 20.5 Å². The number of hydrogen-bond donors (Lipinski definition) is 2. The van der Waals surface area contributed by atoms with E-state index in [2.05, 4.69) is 17.4 Å². The zero-order valence-corrected chi connectivity index (χ0v) is 16.1. The van der Waals surface area contributed by atoms with Crippen LogP contribution in [0.2, 0.25) is 0 Å². The Bertz CT molecular complexity index is 690. The Morgan fingerprint density at radius 2 is 1.73 bits per heavy atom. The van der Waals surface area contributed by atoms with Gasteiger partial charge >= 0.3 is 0 Å². The maximum atomic E-state index is 12.0. The summed E-state index contributed by atoms with van der Waals surface area (Å²) < 4.78 is 10.2. The number of halogens is 1. The molecule has 26 heavy (non-hydrogen) atoms. The third-order valence-electron chi connectivity index (χ3n) is 4.04. The van der Waals surface area contributed by atoms with Crippen molar-refractivity contribution in [1.82, 2.24) is 0 Å². The molecular weight excluding hydrogens is 352 g/mol. The summed E-state index contributed by atoms with van der Waals surface area (Å²) in [6, 6.07) is 13.4. The van der Waals surface area contributed by atoms with Crippen molar-refractivity contribution >= 4 is 29.7 Å². The monoisotopic (exact) mass is 378 g/mol. The summed E-state index contributed by atoms with van der Waals surface area (Å²) in [6.07, 6.45) is 4.47. The minimum absolute atomic E-state index is 0. The highest BCUT2D eigenvalue weighted by Gasteiger charge is 2.05. The summed E-state index contributed by atoms with van der Waals surface area (Å²) in [4.78, 5) is 12.0. The average Bonchev–Trinajstić information content (AvgIpc) is 2.62. The van der Waals surface area contributed by atoms with E-state index in [1.807, 2.05) is 12.1 Å². The third-order valence-corrected chi connectivity index (χ3v) is 4.04. The number of nitrogen functional groups attached to an aromatic ring is 1. The van der Waals surface area contributed by atoms with E-state index in [9.17, 15) is 4.79 Å². The minimum Gasteiger partial charge on any atom is -0.497 e. The predicted molar refractivity (Wildman–Crippen MR) is 108 cm³/mol. The molecule has 6 heteroatoms. The summed E-state index contributed by atoms with van der Waals surface area (Å²) in [5.74, 6) is 1.49. The number of anilines is 2. The molecular formula is C20H27ClN2O3. The topological polar surface area (TPSA) is 73.6 Å². The number of hydrogen-bond acceptors (Lipinski definition) is 4. The van der Waals surface area contributed by atoms with Gasteiger partial charge in [0.15, 0.2) is 0 Å². The molecule has 0 aromatic heterocycles. The van der Waals surface area contributed by atoms with Gasteiger partial charge in [0.25, 0.3) is 0 Å². The quantitative estimate of drug-likeness (QED) is 0.499. The fourth-order valence-corrected chi connectivity index (χ4v) is 2.62. The van der Waals surface area contributed by atoms with Crippen molar-refractivity contribution in [2.45, 2.75) is 32.1 Å². The van der Waals surface area contributed by atoms with Gasteiger partial charge in [0.05, 0.1) is 19.9 Å². The van der Waals surface area contributed by atoms with Crippen molar-refractivity contribution in [2.24, 2.45) is 0 Å². The number of aryl methyl sites for hydroxylation is 1. The second-order valence-electron chi connectivity index (χ2n) is 5.91. The van der Waals surface area contributed by atoms with E-state index >= 15 is 0 Å². The van der Waals surface area contributed by atoms with Crippen molar-refractivity contribution < 1.29 is 14.3 Å². The van der Waals surface area contributed by atoms with Crippen LogP contribution in [0.4, 0.5) is 11.4 Å². The molecule has 0 radical (unpaired) electrons. The Hall–Kier alpha value is -2.40. The molecule has 2 aromatic rings. The van der Waals surface area contributed by atoms with Gasteiger partial charge in [-0.3, -0.25) is 4.79 Å². The summed E-state index contributed by atoms with van der Waals surface area (Å²) in [7, 11) is 3.23. The molecule has 1 amide bonds. The molecule has 0 atom stereocenters. The van der Waals surface area contributed by atoms with Crippen LogP contribution in [0, 0.1) is 0 Å². The largest absolute Gasteiger partial charge is 0.497 e. The fourth-order valence-electron chi connectivity index (χ4n) is 2.62. The first-order chi connectivity index (χ1) is 12.1. The fraction of sp³-hybridized carbons (Fsp3) is 0.350. The Balaban J connectivity index is 0.00000338. The van der Waals surface area contributed by atoms with E-state index < -0.39 is 0 Å². The highest BCUT2D eigenvalue weighted by molar-refractivity contribution is 5.91. The lowest BCUT2D eigenvalue weighted by Gasteiger charge is -2.09. The predicted octanol–water partition coefficient (Wildman–Crippen LogP) is 4.45. The zero-order chi connectivity index (χ0) is 18.1. The van der Waals surface area contributed by atoms with E-state index in [-0.39, 0.29) is 18.3 Å². The number of ether oxygens (including phenoxy) is 2. The normalized spacial score (nSPS) is 9.92. The molecule has 2 aromatic carbocycles. The molecule has 2 rings (SSSR count). The third kappa shape index (κ3) is 6.84. The van der Waals surface area contributed by atoms with Crippen LogP contribution in [0.1, 0.15) is 31.2 Å². The van der Waals surface area contributed by atoms with Crippen LogP contribution in [0.15, 0.2) is 42.5 Å². The number of methoxy groups -OCH3 is 2. The van der Waals surface area contributed by atoms with Crippen LogP contribution in [-0.2, 0) is 11.2 Å². The van der Waals surface area contributed by atoms with Crippen LogP contribution in [0.3, 0.4) is 0 Å². The number of carbonyl (C=O) groups excluding carboxylic acids is 1. The van der Waals surface area contributed by atoms with Gasteiger partial charge in [-0.2, -0.15) is 0 Å². The number of amides is 1. The van der Waals surface area contributed by atoms with Gasteiger partial charge in [0, 0.05) is 12.1 Å². The van der Waals surface area contributed by atoms with Crippen LogP contribution >= 0.6 is 12.4 Å². The molecule has 3 N–H and O–H groups in total. The first-order valence-corrected chi connectivity index (χ1v) is 8.48. The van der Waals surface area contributed by atoms with Gasteiger partial charge in [-0.25, -0.2) is 0 Å². The summed E-state index contributed by atoms with van der Waals surface area (Å²) in [5.41, 5.74) is 8.34. The van der Waals surface area contributed by atoms with Crippen molar-refractivity contribution in [3.8, 4) is 11.5 Å². The van der Waals surface area contributed by atoms with E-state index in [0.29, 0.717) is 23.5 Å². The Labute approximate surface area is 161 Å². The van der Waals surface area contributed by atoms with Crippen LogP contribution in [-0.4, -0.2) is 20.1 Å². The number of rotatable bonds is 9. The SMILES string of the molecule is COc1ccc(CCCCCC(=O)Nc2ccc(OC)c(N)c2)cc1.Cl. The van der Waals surface area contributed by atoms with Gasteiger partial charge in [0.1, 0.15) is 11.5 Å². The molecule has 0 spiro atoms. The summed E-state index contributed by atoms with van der Waals surface area (Å²) >= 11 is 0. The van der Waals surface area contributed by atoms with E-state index in [0.717, 1.165) is 31.4 Å². The average molecular weight is 379 g/mol. The van der Waals surface area contributed by atoms with Gasteiger partial charge in [0.2, 0.25) is 5.91 Å². The number of benzene rings is 2. The molecule has 0 aliphatic rings. The lowest BCUT2D eigenvalue weighted by atomic mass is 10.1. The Kier molecular flexibility index (Phi) is 9.37. The van der Waals surface area contributed by atoms with E-state index in [1.165, 1.54) is 5.56 Å². The lowest BCUT2D eigenvalue weighted by Crippen LogP contribution is -2.11. The summed E-state index contributed by atoms with van der Waals surface area (Å²) in [6.45, 7) is 0. The maximum absolute atomic E-state index is 12.0. The van der Waals surface area contributed by atoms with Crippen molar-refractivity contribution in [3.05, 3.63) is 48.0 Å². The second kappa shape index (κ2) is 11.3. The molecule has 5 nitrogen and oxygen atoms in total. The number of unbranched alkanes of at least 4 members (excludes halogenated alkanes) is 2. The van der Waals surface area contributed by atoms with E-state index in [1.54, 1.807) is 32.4 Å².